The molecule has 29 heavy (non-hydrogen) atoms. The summed E-state index contributed by atoms with van der Waals surface area (Å²) in [5.74, 6) is 1.62. The van der Waals surface area contributed by atoms with Crippen LogP contribution in [0.25, 0.3) is 0 Å². The number of furan rings is 1. The number of nitrogens with one attached hydrogen (secondary N) is 1. The fraction of sp³-hybridized carbons (Fsp3) is 0.571. The fourth-order valence-electron chi connectivity index (χ4n) is 4.21. The molecule has 2 aliphatic heterocycles. The van der Waals surface area contributed by atoms with E-state index in [2.05, 4.69) is 15.2 Å². The summed E-state index contributed by atoms with van der Waals surface area (Å²) < 4.78 is 32.8. The number of aromatic nitrogens is 1. The lowest BCUT2D eigenvalue weighted by Gasteiger charge is -2.33. The lowest BCUT2D eigenvalue weighted by atomic mass is 10.1. The number of hydrogen-bond donors (Lipinski definition) is 1. The first kappa shape index (κ1) is 20.4. The number of sulfonamides is 1. The molecule has 1 N–H and O–H groups in total. The van der Waals surface area contributed by atoms with E-state index in [0.717, 1.165) is 38.1 Å². The van der Waals surface area contributed by atoms with Gasteiger partial charge in [-0.3, -0.25) is 4.90 Å². The Hall–Kier alpha value is -1.90. The number of anilines is 1. The number of rotatable bonds is 7. The largest absolute Gasteiger partial charge is 0.468 e. The molecule has 2 saturated heterocycles. The van der Waals surface area contributed by atoms with E-state index in [1.807, 2.05) is 12.1 Å². The van der Waals surface area contributed by atoms with Crippen LogP contribution >= 0.6 is 0 Å². The SMILES string of the molecule is O=S(=O)(c1ccc(NCC(c2ccco2)N2CCCCC2)nc1)N1CCCCC1. The molecule has 1 unspecified atom stereocenters. The normalized spacial score (nSPS) is 20.4. The van der Waals surface area contributed by atoms with Gasteiger partial charge in [0.05, 0.1) is 12.3 Å². The van der Waals surface area contributed by atoms with E-state index in [4.69, 9.17) is 4.42 Å². The van der Waals surface area contributed by atoms with Gasteiger partial charge >= 0.3 is 0 Å². The maximum atomic E-state index is 12.8. The Morgan fingerprint density at radius 3 is 2.34 bits per heavy atom. The minimum atomic E-state index is -3.44. The molecule has 158 valence electrons. The first-order chi connectivity index (χ1) is 14.1. The van der Waals surface area contributed by atoms with E-state index < -0.39 is 10.0 Å². The highest BCUT2D eigenvalue weighted by Gasteiger charge is 2.27. The number of hydrogen-bond acceptors (Lipinski definition) is 6. The van der Waals surface area contributed by atoms with Crippen LogP contribution in [0.4, 0.5) is 5.82 Å². The summed E-state index contributed by atoms with van der Waals surface area (Å²) in [6, 6.07) is 7.49. The summed E-state index contributed by atoms with van der Waals surface area (Å²) >= 11 is 0. The Morgan fingerprint density at radius 2 is 1.72 bits per heavy atom. The van der Waals surface area contributed by atoms with Gasteiger partial charge in [-0.1, -0.05) is 12.8 Å². The summed E-state index contributed by atoms with van der Waals surface area (Å²) in [5.41, 5.74) is 0. The van der Waals surface area contributed by atoms with Gasteiger partial charge in [-0.2, -0.15) is 4.31 Å². The zero-order valence-corrected chi connectivity index (χ0v) is 17.6. The monoisotopic (exact) mass is 418 g/mol. The predicted molar refractivity (Wildman–Crippen MR) is 112 cm³/mol. The van der Waals surface area contributed by atoms with E-state index in [1.54, 1.807) is 22.7 Å². The molecule has 2 aliphatic rings. The van der Waals surface area contributed by atoms with E-state index in [0.29, 0.717) is 25.5 Å². The average molecular weight is 419 g/mol. The maximum absolute atomic E-state index is 12.8. The van der Waals surface area contributed by atoms with Crippen LogP contribution in [0.5, 0.6) is 0 Å². The van der Waals surface area contributed by atoms with Gasteiger partial charge in [0.15, 0.2) is 0 Å². The molecule has 0 bridgehead atoms. The second-order valence-electron chi connectivity index (χ2n) is 7.85. The predicted octanol–water partition coefficient (Wildman–Crippen LogP) is 3.49. The Labute approximate surface area is 173 Å². The van der Waals surface area contributed by atoms with Crippen molar-refractivity contribution in [1.29, 1.82) is 0 Å². The molecule has 4 rings (SSSR count). The lowest BCUT2D eigenvalue weighted by molar-refractivity contribution is 0.153. The van der Waals surface area contributed by atoms with Crippen LogP contribution in [-0.2, 0) is 10.0 Å². The van der Waals surface area contributed by atoms with E-state index in [1.165, 1.54) is 25.5 Å². The van der Waals surface area contributed by atoms with Gasteiger partial charge in [0.2, 0.25) is 10.0 Å². The first-order valence-corrected chi connectivity index (χ1v) is 12.1. The minimum absolute atomic E-state index is 0.142. The molecule has 0 spiro atoms. The van der Waals surface area contributed by atoms with Gasteiger partial charge in [-0.15, -0.1) is 0 Å². The number of likely N-dealkylation sites (tertiary alicyclic amines) is 1. The quantitative estimate of drug-likeness (QED) is 0.742. The van der Waals surface area contributed by atoms with Crippen LogP contribution in [0.2, 0.25) is 0 Å². The summed E-state index contributed by atoms with van der Waals surface area (Å²) in [7, 11) is -3.44. The molecule has 2 aromatic heterocycles. The third-order valence-electron chi connectivity index (χ3n) is 5.87. The zero-order valence-electron chi connectivity index (χ0n) is 16.8. The standard InChI is InChI=1S/C21H30N4O3S/c26-29(27,25-13-5-2-6-14-25)18-9-10-21(22-16-18)23-17-19(20-8-7-15-28-20)24-11-3-1-4-12-24/h7-10,15-16,19H,1-6,11-14,17H2,(H,22,23). The summed E-state index contributed by atoms with van der Waals surface area (Å²) in [6.45, 7) is 3.99. The molecular formula is C21H30N4O3S. The average Bonchev–Trinajstić information content (AvgIpc) is 3.30. The molecule has 0 aromatic carbocycles. The number of nitrogens with zero attached hydrogens (tertiary/aromatic N) is 3. The second kappa shape index (κ2) is 9.28. The Balaban J connectivity index is 1.42. The summed E-state index contributed by atoms with van der Waals surface area (Å²) in [4.78, 5) is 7.09. The molecule has 2 aromatic rings. The smallest absolute Gasteiger partial charge is 0.244 e. The van der Waals surface area contributed by atoms with Crippen molar-refractivity contribution < 1.29 is 12.8 Å². The van der Waals surface area contributed by atoms with Crippen molar-refractivity contribution in [3.8, 4) is 0 Å². The van der Waals surface area contributed by atoms with Crippen LogP contribution < -0.4 is 5.32 Å². The van der Waals surface area contributed by atoms with E-state index >= 15 is 0 Å². The van der Waals surface area contributed by atoms with Gasteiger partial charge in [-0.25, -0.2) is 13.4 Å². The zero-order chi connectivity index (χ0) is 20.1. The van der Waals surface area contributed by atoms with Crippen LogP contribution in [0.15, 0.2) is 46.0 Å². The highest BCUT2D eigenvalue weighted by molar-refractivity contribution is 7.89. The summed E-state index contributed by atoms with van der Waals surface area (Å²) in [6.07, 6.45) is 9.83. The van der Waals surface area contributed by atoms with Crippen molar-refractivity contribution in [3.05, 3.63) is 42.5 Å². The molecule has 7 nitrogen and oxygen atoms in total. The van der Waals surface area contributed by atoms with Gasteiger partial charge in [0.1, 0.15) is 16.5 Å². The van der Waals surface area contributed by atoms with Crippen LogP contribution in [0.3, 0.4) is 0 Å². The van der Waals surface area contributed by atoms with Crippen molar-refractivity contribution in [1.82, 2.24) is 14.2 Å². The molecular weight excluding hydrogens is 388 g/mol. The maximum Gasteiger partial charge on any atom is 0.244 e. The fourth-order valence-corrected chi connectivity index (χ4v) is 5.68. The van der Waals surface area contributed by atoms with E-state index in [-0.39, 0.29) is 10.9 Å². The summed E-state index contributed by atoms with van der Waals surface area (Å²) in [5, 5.41) is 3.37. The number of pyridine rings is 1. The van der Waals surface area contributed by atoms with E-state index in [9.17, 15) is 8.42 Å². The van der Waals surface area contributed by atoms with Gasteiger partial charge in [0.25, 0.3) is 0 Å². The molecule has 0 amide bonds. The first-order valence-electron chi connectivity index (χ1n) is 10.6. The molecule has 8 heteroatoms. The minimum Gasteiger partial charge on any atom is -0.468 e. The van der Waals surface area contributed by atoms with Crippen LogP contribution in [-0.4, -0.2) is 55.3 Å². The van der Waals surface area contributed by atoms with Gasteiger partial charge < -0.3 is 9.73 Å². The molecule has 2 fully saturated rings. The third kappa shape index (κ3) is 4.82. The molecule has 0 aliphatic carbocycles. The van der Waals surface area contributed by atoms with Gasteiger partial charge in [0, 0.05) is 25.8 Å². The van der Waals surface area contributed by atoms with Crippen LogP contribution in [0.1, 0.15) is 50.3 Å². The molecule has 4 heterocycles. The lowest BCUT2D eigenvalue weighted by Crippen LogP contribution is -2.37. The Bertz CT molecular complexity index is 856. The van der Waals surface area contributed by atoms with Crippen molar-refractivity contribution in [2.45, 2.75) is 49.5 Å². The third-order valence-corrected chi connectivity index (χ3v) is 7.75. The second-order valence-corrected chi connectivity index (χ2v) is 9.79. The van der Waals surface area contributed by atoms with Crippen molar-refractivity contribution in [2.75, 3.05) is 38.0 Å². The molecule has 0 radical (unpaired) electrons. The molecule has 1 atom stereocenters. The van der Waals surface area contributed by atoms with Crippen molar-refractivity contribution in [3.63, 3.8) is 0 Å². The van der Waals surface area contributed by atoms with Crippen LogP contribution in [0, 0.1) is 0 Å². The van der Waals surface area contributed by atoms with Crippen molar-refractivity contribution >= 4 is 15.8 Å². The van der Waals surface area contributed by atoms with Gasteiger partial charge in [-0.05, 0) is 63.0 Å². The Kier molecular flexibility index (Phi) is 6.52. The highest BCUT2D eigenvalue weighted by Crippen LogP contribution is 2.26. The highest BCUT2D eigenvalue weighted by atomic mass is 32.2. The number of piperidine rings is 2. The van der Waals surface area contributed by atoms with Crippen molar-refractivity contribution in [2.24, 2.45) is 0 Å². The molecule has 0 saturated carbocycles. The Morgan fingerprint density at radius 1 is 1.00 bits per heavy atom. The topological polar surface area (TPSA) is 78.7 Å².